The molecule has 0 aromatic heterocycles. The van der Waals surface area contributed by atoms with E-state index in [-0.39, 0.29) is 23.4 Å². The molecule has 3 unspecified atom stereocenters. The van der Waals surface area contributed by atoms with Crippen LogP contribution in [-0.2, 0) is 10.3 Å². The first-order valence-corrected chi connectivity index (χ1v) is 12.5. The van der Waals surface area contributed by atoms with Crippen LogP contribution in [0.2, 0.25) is 0 Å². The van der Waals surface area contributed by atoms with Crippen molar-refractivity contribution in [3.05, 3.63) is 99.1 Å². The van der Waals surface area contributed by atoms with E-state index in [0.717, 1.165) is 24.0 Å². The molecule has 37 heavy (non-hydrogen) atoms. The van der Waals surface area contributed by atoms with Crippen LogP contribution in [0.4, 0.5) is 11.4 Å². The van der Waals surface area contributed by atoms with Gasteiger partial charge in [0.05, 0.1) is 18.0 Å². The summed E-state index contributed by atoms with van der Waals surface area (Å²) >= 11 is 0. The van der Waals surface area contributed by atoms with Crippen molar-refractivity contribution in [3.8, 4) is 5.75 Å². The SMILES string of the molecule is COc1cccc(C(=O)C2C(c3cccc([N+](=O)[O-])c3)C3CCCN3[C@@]23C(=O)Nc2ccc(C)cc23)c1. The number of anilines is 1. The number of non-ortho nitro benzene ring substituents is 1. The minimum atomic E-state index is -1.21. The van der Waals surface area contributed by atoms with Gasteiger partial charge in [0.1, 0.15) is 11.3 Å². The molecule has 2 saturated heterocycles. The lowest BCUT2D eigenvalue weighted by atomic mass is 9.68. The zero-order valence-electron chi connectivity index (χ0n) is 20.6. The Morgan fingerprint density at radius 3 is 2.73 bits per heavy atom. The second-order valence-electron chi connectivity index (χ2n) is 10.1. The highest BCUT2D eigenvalue weighted by atomic mass is 16.6. The summed E-state index contributed by atoms with van der Waals surface area (Å²) in [7, 11) is 1.55. The predicted molar refractivity (Wildman–Crippen MR) is 138 cm³/mol. The average molecular weight is 498 g/mol. The summed E-state index contributed by atoms with van der Waals surface area (Å²) in [6.07, 6.45) is 1.68. The third-order valence-corrected chi connectivity index (χ3v) is 8.26. The van der Waals surface area contributed by atoms with E-state index < -0.39 is 22.3 Å². The highest BCUT2D eigenvalue weighted by molar-refractivity contribution is 6.12. The van der Waals surface area contributed by atoms with Gasteiger partial charge in [0.15, 0.2) is 5.78 Å². The van der Waals surface area contributed by atoms with Crippen molar-refractivity contribution < 1.29 is 19.2 Å². The molecule has 3 aromatic carbocycles. The number of ketones is 1. The van der Waals surface area contributed by atoms with Crippen LogP contribution in [-0.4, -0.2) is 41.2 Å². The van der Waals surface area contributed by atoms with Crippen LogP contribution in [0, 0.1) is 23.0 Å². The molecule has 188 valence electrons. The van der Waals surface area contributed by atoms with Crippen LogP contribution in [0.3, 0.4) is 0 Å². The summed E-state index contributed by atoms with van der Waals surface area (Å²) in [6.45, 7) is 2.64. The van der Waals surface area contributed by atoms with Crippen molar-refractivity contribution in [2.45, 2.75) is 37.3 Å². The number of rotatable bonds is 5. The van der Waals surface area contributed by atoms with Gasteiger partial charge < -0.3 is 10.1 Å². The lowest BCUT2D eigenvalue weighted by molar-refractivity contribution is -0.384. The second kappa shape index (κ2) is 8.52. The predicted octanol–water partition coefficient (Wildman–Crippen LogP) is 4.82. The van der Waals surface area contributed by atoms with Gasteiger partial charge in [-0.15, -0.1) is 0 Å². The van der Waals surface area contributed by atoms with E-state index in [0.29, 0.717) is 29.1 Å². The fraction of sp³-hybridized carbons (Fsp3) is 0.310. The molecule has 8 heteroatoms. The molecule has 0 bridgehead atoms. The summed E-state index contributed by atoms with van der Waals surface area (Å²) in [5, 5.41) is 14.7. The van der Waals surface area contributed by atoms with E-state index in [1.165, 1.54) is 6.07 Å². The van der Waals surface area contributed by atoms with Gasteiger partial charge in [-0.1, -0.05) is 42.0 Å². The summed E-state index contributed by atoms with van der Waals surface area (Å²) in [5.41, 5.74) is 2.44. The highest BCUT2D eigenvalue weighted by Gasteiger charge is 2.69. The number of nitro benzene ring substituents is 1. The number of aryl methyl sites for hydroxylation is 1. The van der Waals surface area contributed by atoms with E-state index in [1.807, 2.05) is 31.2 Å². The lowest BCUT2D eigenvalue weighted by Crippen LogP contribution is -2.52. The Morgan fingerprint density at radius 2 is 1.95 bits per heavy atom. The molecule has 1 spiro atoms. The lowest BCUT2D eigenvalue weighted by Gasteiger charge is -2.37. The number of fused-ring (bicyclic) bond motifs is 4. The number of hydrogen-bond acceptors (Lipinski definition) is 6. The van der Waals surface area contributed by atoms with Crippen molar-refractivity contribution in [3.63, 3.8) is 0 Å². The van der Waals surface area contributed by atoms with Crippen LogP contribution >= 0.6 is 0 Å². The number of carbonyl (C=O) groups excluding carboxylic acids is 2. The van der Waals surface area contributed by atoms with Gasteiger partial charge in [0.25, 0.3) is 5.69 Å². The Kier molecular flexibility index (Phi) is 5.38. The largest absolute Gasteiger partial charge is 0.497 e. The summed E-state index contributed by atoms with van der Waals surface area (Å²) in [6, 6.07) is 19.3. The number of nitrogens with one attached hydrogen (secondary N) is 1. The molecule has 3 aliphatic rings. The van der Waals surface area contributed by atoms with Gasteiger partial charge >= 0.3 is 0 Å². The number of methoxy groups -OCH3 is 1. The van der Waals surface area contributed by atoms with Gasteiger partial charge in [-0.25, -0.2) is 0 Å². The first-order valence-electron chi connectivity index (χ1n) is 12.5. The Balaban J connectivity index is 1.62. The van der Waals surface area contributed by atoms with E-state index in [2.05, 4.69) is 10.2 Å². The molecule has 0 aliphatic carbocycles. The minimum absolute atomic E-state index is 0.0253. The highest BCUT2D eigenvalue weighted by Crippen LogP contribution is 2.61. The van der Waals surface area contributed by atoms with E-state index in [1.54, 1.807) is 43.5 Å². The van der Waals surface area contributed by atoms with Gasteiger partial charge in [0.2, 0.25) is 5.91 Å². The Hall–Kier alpha value is -4.04. The minimum Gasteiger partial charge on any atom is -0.497 e. The van der Waals surface area contributed by atoms with Crippen LogP contribution in [0.25, 0.3) is 0 Å². The number of amides is 1. The van der Waals surface area contributed by atoms with Crippen molar-refractivity contribution >= 4 is 23.1 Å². The first-order chi connectivity index (χ1) is 17.9. The molecule has 6 rings (SSSR count). The second-order valence-corrected chi connectivity index (χ2v) is 10.1. The topological polar surface area (TPSA) is 102 Å². The smallest absolute Gasteiger partial charge is 0.269 e. The number of hydrogen-bond donors (Lipinski definition) is 1. The standard InChI is InChI=1S/C29H27N3O5/c1-17-11-12-23-22(14-17)29(28(34)30-23)26(27(33)19-7-4-9-21(16-19)37-2)25(24-10-5-13-31(24)29)18-6-3-8-20(15-18)32(35)36/h3-4,6-9,11-12,14-16,24-26H,5,10,13H2,1-2H3,(H,30,34)/t24?,25?,26?,29-/m1/s1. The molecule has 1 N–H and O–H groups in total. The molecule has 3 heterocycles. The summed E-state index contributed by atoms with van der Waals surface area (Å²) in [5.74, 6) is -1.02. The molecule has 3 aliphatic heterocycles. The first kappa shape index (κ1) is 23.4. The van der Waals surface area contributed by atoms with Crippen molar-refractivity contribution in [1.29, 1.82) is 0 Å². The fourth-order valence-electron chi connectivity index (χ4n) is 6.85. The Morgan fingerprint density at radius 1 is 1.14 bits per heavy atom. The maximum Gasteiger partial charge on any atom is 0.269 e. The number of Topliss-reactive ketones (excluding diaryl/α,β-unsaturated/α-hetero) is 1. The van der Waals surface area contributed by atoms with Gasteiger partial charge in [-0.2, -0.15) is 0 Å². The normalized spacial score (nSPS) is 26.1. The van der Waals surface area contributed by atoms with Crippen LogP contribution in [0.1, 0.15) is 45.8 Å². The summed E-state index contributed by atoms with van der Waals surface area (Å²) < 4.78 is 5.39. The molecular formula is C29H27N3O5. The van der Waals surface area contributed by atoms with Crippen LogP contribution < -0.4 is 10.1 Å². The number of benzene rings is 3. The summed E-state index contributed by atoms with van der Waals surface area (Å²) in [4.78, 5) is 42.1. The van der Waals surface area contributed by atoms with Gasteiger partial charge in [0, 0.05) is 40.9 Å². The fourth-order valence-corrected chi connectivity index (χ4v) is 6.85. The Labute approximate surface area is 214 Å². The number of carbonyl (C=O) groups is 2. The van der Waals surface area contributed by atoms with Crippen LogP contribution in [0.5, 0.6) is 5.75 Å². The van der Waals surface area contributed by atoms with Gasteiger partial charge in [-0.05, 0) is 50.1 Å². The zero-order valence-corrected chi connectivity index (χ0v) is 20.6. The quantitative estimate of drug-likeness (QED) is 0.308. The zero-order chi connectivity index (χ0) is 25.9. The van der Waals surface area contributed by atoms with Crippen molar-refractivity contribution in [2.24, 2.45) is 5.92 Å². The third-order valence-electron chi connectivity index (χ3n) is 8.26. The maximum absolute atomic E-state index is 14.6. The Bertz CT molecular complexity index is 1450. The molecule has 1 amide bonds. The average Bonchev–Trinajstić information content (AvgIpc) is 3.57. The monoisotopic (exact) mass is 497 g/mol. The van der Waals surface area contributed by atoms with Crippen LogP contribution in [0.15, 0.2) is 66.7 Å². The molecule has 0 radical (unpaired) electrons. The van der Waals surface area contributed by atoms with Crippen molar-refractivity contribution in [1.82, 2.24) is 4.90 Å². The van der Waals surface area contributed by atoms with Crippen molar-refractivity contribution in [2.75, 3.05) is 19.0 Å². The van der Waals surface area contributed by atoms with E-state index in [9.17, 15) is 19.7 Å². The molecule has 8 nitrogen and oxygen atoms in total. The molecule has 4 atom stereocenters. The number of nitrogens with zero attached hydrogens (tertiary/aromatic N) is 2. The molecule has 2 fully saturated rings. The molecular weight excluding hydrogens is 470 g/mol. The van der Waals surface area contributed by atoms with E-state index >= 15 is 0 Å². The third kappa shape index (κ3) is 3.32. The van der Waals surface area contributed by atoms with Gasteiger partial charge in [-0.3, -0.25) is 24.6 Å². The number of nitro groups is 1. The molecule has 3 aromatic rings. The number of ether oxygens (including phenoxy) is 1. The molecule has 0 saturated carbocycles. The maximum atomic E-state index is 14.6. The van der Waals surface area contributed by atoms with E-state index in [4.69, 9.17) is 4.74 Å².